The molecule has 0 spiro atoms. The van der Waals surface area contributed by atoms with Gasteiger partial charge >= 0.3 is 0 Å². The van der Waals surface area contributed by atoms with Gasteiger partial charge in [0.2, 0.25) is 0 Å². The van der Waals surface area contributed by atoms with Crippen molar-refractivity contribution in [3.8, 4) is 0 Å². The fourth-order valence-electron chi connectivity index (χ4n) is 2.60. The van der Waals surface area contributed by atoms with E-state index in [-0.39, 0.29) is 0 Å². The van der Waals surface area contributed by atoms with Crippen LogP contribution in [0.25, 0.3) is 0 Å². The third-order valence-electron chi connectivity index (χ3n) is 3.57. The van der Waals surface area contributed by atoms with E-state index < -0.39 is 0 Å². The predicted octanol–water partition coefficient (Wildman–Crippen LogP) is 4.10. The molecule has 0 aliphatic rings. The summed E-state index contributed by atoms with van der Waals surface area (Å²) in [6.45, 7) is 8.81. The number of nitrogens with zero attached hydrogens (tertiary/aromatic N) is 1. The van der Waals surface area contributed by atoms with Gasteiger partial charge in [-0.1, -0.05) is 43.7 Å². The van der Waals surface area contributed by atoms with E-state index >= 15 is 0 Å². The van der Waals surface area contributed by atoms with Crippen molar-refractivity contribution in [2.45, 2.75) is 33.6 Å². The molecule has 0 fully saturated rings. The molecule has 1 atom stereocenters. The van der Waals surface area contributed by atoms with Crippen LogP contribution in [0.4, 0.5) is 0 Å². The number of rotatable bonds is 8. The Labute approximate surface area is 132 Å². The van der Waals surface area contributed by atoms with Crippen molar-refractivity contribution in [1.82, 2.24) is 10.3 Å². The van der Waals surface area contributed by atoms with Crippen LogP contribution in [0.3, 0.4) is 0 Å². The molecule has 1 heterocycles. The normalized spacial score (nSPS) is 12.8. The van der Waals surface area contributed by atoms with Crippen molar-refractivity contribution in [2.24, 2.45) is 11.8 Å². The van der Waals surface area contributed by atoms with Gasteiger partial charge in [0.15, 0.2) is 0 Å². The largest absolute Gasteiger partial charge is 0.316 e. The van der Waals surface area contributed by atoms with Gasteiger partial charge in [0.1, 0.15) is 0 Å². The van der Waals surface area contributed by atoms with Gasteiger partial charge in [-0.25, -0.2) is 4.98 Å². The maximum absolute atomic E-state index is 4.45. The number of benzene rings is 1. The van der Waals surface area contributed by atoms with Crippen molar-refractivity contribution in [1.29, 1.82) is 0 Å². The number of hydrogen-bond donors (Lipinski definition) is 1. The lowest BCUT2D eigenvalue weighted by Gasteiger charge is -2.18. The van der Waals surface area contributed by atoms with Gasteiger partial charge in [0.25, 0.3) is 0 Å². The Morgan fingerprint density at radius 2 is 2.05 bits per heavy atom. The fourth-order valence-corrected chi connectivity index (χ4v) is 3.17. The standard InChI is InChI=1S/C18H26N2S/c1-14(2)10-19-11-17(9-18-12-21-13-20-18)8-16-6-4-5-15(3)7-16/h4-7,12-14,17,19H,8-11H2,1-3H3. The molecule has 0 aliphatic carbocycles. The minimum Gasteiger partial charge on any atom is -0.316 e. The maximum atomic E-state index is 4.45. The van der Waals surface area contributed by atoms with Crippen LogP contribution < -0.4 is 5.32 Å². The first-order valence-electron chi connectivity index (χ1n) is 7.77. The molecule has 21 heavy (non-hydrogen) atoms. The monoisotopic (exact) mass is 302 g/mol. The molecule has 0 saturated carbocycles. The molecule has 1 aromatic heterocycles. The zero-order valence-electron chi connectivity index (χ0n) is 13.3. The molecule has 1 unspecified atom stereocenters. The molecule has 0 amide bonds. The van der Waals surface area contributed by atoms with Crippen molar-refractivity contribution in [3.63, 3.8) is 0 Å². The van der Waals surface area contributed by atoms with Gasteiger partial charge in [-0.2, -0.15) is 0 Å². The van der Waals surface area contributed by atoms with Gasteiger partial charge in [-0.05, 0) is 50.3 Å². The molecule has 0 aliphatic heterocycles. The van der Waals surface area contributed by atoms with Crippen molar-refractivity contribution < 1.29 is 0 Å². The summed E-state index contributed by atoms with van der Waals surface area (Å²) in [7, 11) is 0. The van der Waals surface area contributed by atoms with Crippen molar-refractivity contribution in [2.75, 3.05) is 13.1 Å². The zero-order valence-corrected chi connectivity index (χ0v) is 14.1. The smallest absolute Gasteiger partial charge is 0.0794 e. The van der Waals surface area contributed by atoms with E-state index in [0.717, 1.165) is 25.9 Å². The van der Waals surface area contributed by atoms with Crippen LogP contribution in [0.1, 0.15) is 30.7 Å². The van der Waals surface area contributed by atoms with E-state index in [0.29, 0.717) is 11.8 Å². The van der Waals surface area contributed by atoms with Crippen LogP contribution in [0.2, 0.25) is 0 Å². The third-order valence-corrected chi connectivity index (χ3v) is 4.21. The van der Waals surface area contributed by atoms with Gasteiger partial charge < -0.3 is 5.32 Å². The van der Waals surface area contributed by atoms with Crippen LogP contribution >= 0.6 is 11.3 Å². The Balaban J connectivity index is 1.96. The molecule has 1 N–H and O–H groups in total. The second kappa shape index (κ2) is 8.30. The summed E-state index contributed by atoms with van der Waals surface area (Å²) in [6, 6.07) is 8.86. The number of thiazole rings is 1. The van der Waals surface area contributed by atoms with E-state index in [2.05, 4.69) is 60.7 Å². The second-order valence-corrected chi connectivity index (χ2v) is 7.01. The maximum Gasteiger partial charge on any atom is 0.0794 e. The highest BCUT2D eigenvalue weighted by atomic mass is 32.1. The number of aryl methyl sites for hydroxylation is 1. The first-order chi connectivity index (χ1) is 10.1. The molecular formula is C18H26N2S. The summed E-state index contributed by atoms with van der Waals surface area (Å²) >= 11 is 1.69. The molecule has 2 nitrogen and oxygen atoms in total. The van der Waals surface area contributed by atoms with Crippen LogP contribution in [0, 0.1) is 18.8 Å². The second-order valence-electron chi connectivity index (χ2n) is 6.30. The Bertz CT molecular complexity index is 520. The molecule has 0 saturated heterocycles. The quantitative estimate of drug-likeness (QED) is 0.794. The summed E-state index contributed by atoms with van der Waals surface area (Å²) in [5, 5.41) is 5.78. The molecule has 0 radical (unpaired) electrons. The molecular weight excluding hydrogens is 276 g/mol. The summed E-state index contributed by atoms with van der Waals surface area (Å²) in [4.78, 5) is 4.45. The Kier molecular flexibility index (Phi) is 6.40. The van der Waals surface area contributed by atoms with Crippen LogP contribution in [-0.4, -0.2) is 18.1 Å². The van der Waals surface area contributed by atoms with Gasteiger partial charge in [-0.3, -0.25) is 0 Å². The first-order valence-corrected chi connectivity index (χ1v) is 8.71. The average Bonchev–Trinajstić information content (AvgIpc) is 2.91. The highest BCUT2D eigenvalue weighted by Crippen LogP contribution is 2.16. The zero-order chi connectivity index (χ0) is 15.1. The van der Waals surface area contributed by atoms with E-state index in [9.17, 15) is 0 Å². The topological polar surface area (TPSA) is 24.9 Å². The molecule has 1 aromatic carbocycles. The third kappa shape index (κ3) is 5.98. The Morgan fingerprint density at radius 3 is 2.71 bits per heavy atom. The number of hydrogen-bond acceptors (Lipinski definition) is 3. The fraction of sp³-hybridized carbons (Fsp3) is 0.500. The van der Waals surface area contributed by atoms with Crippen LogP contribution in [0.5, 0.6) is 0 Å². The first kappa shape index (κ1) is 16.2. The van der Waals surface area contributed by atoms with Crippen LogP contribution in [-0.2, 0) is 12.8 Å². The Hall–Kier alpha value is -1.19. The van der Waals surface area contributed by atoms with Crippen molar-refractivity contribution >= 4 is 11.3 Å². The highest BCUT2D eigenvalue weighted by molar-refractivity contribution is 7.07. The minimum absolute atomic E-state index is 0.604. The lowest BCUT2D eigenvalue weighted by atomic mass is 9.94. The summed E-state index contributed by atoms with van der Waals surface area (Å²) < 4.78 is 0. The predicted molar refractivity (Wildman–Crippen MR) is 91.9 cm³/mol. The van der Waals surface area contributed by atoms with E-state index in [1.807, 2.05) is 5.51 Å². The minimum atomic E-state index is 0.604. The summed E-state index contributed by atoms with van der Waals surface area (Å²) in [5.41, 5.74) is 5.93. The molecule has 2 aromatic rings. The molecule has 0 bridgehead atoms. The lowest BCUT2D eigenvalue weighted by Crippen LogP contribution is -2.28. The molecule has 3 heteroatoms. The van der Waals surface area contributed by atoms with E-state index in [1.165, 1.54) is 16.8 Å². The van der Waals surface area contributed by atoms with E-state index in [1.54, 1.807) is 11.3 Å². The summed E-state index contributed by atoms with van der Waals surface area (Å²) in [6.07, 6.45) is 2.17. The molecule has 2 rings (SSSR count). The number of aromatic nitrogens is 1. The van der Waals surface area contributed by atoms with Crippen LogP contribution in [0.15, 0.2) is 35.2 Å². The molecule has 114 valence electrons. The highest BCUT2D eigenvalue weighted by Gasteiger charge is 2.12. The van der Waals surface area contributed by atoms with E-state index in [4.69, 9.17) is 0 Å². The van der Waals surface area contributed by atoms with Gasteiger partial charge in [0.05, 0.1) is 11.2 Å². The van der Waals surface area contributed by atoms with Gasteiger partial charge in [-0.15, -0.1) is 11.3 Å². The SMILES string of the molecule is Cc1cccc(CC(CNCC(C)C)Cc2cscn2)c1. The lowest BCUT2D eigenvalue weighted by molar-refractivity contribution is 0.443. The average molecular weight is 302 g/mol. The summed E-state index contributed by atoms with van der Waals surface area (Å²) in [5.74, 6) is 1.30. The number of nitrogens with one attached hydrogen (secondary N) is 1. The van der Waals surface area contributed by atoms with Gasteiger partial charge in [0, 0.05) is 5.38 Å². The Morgan fingerprint density at radius 1 is 1.19 bits per heavy atom. The van der Waals surface area contributed by atoms with Crippen molar-refractivity contribution in [3.05, 3.63) is 52.0 Å².